The first-order valence-corrected chi connectivity index (χ1v) is 5.76. The predicted molar refractivity (Wildman–Crippen MR) is 59.3 cm³/mol. The third kappa shape index (κ3) is 4.99. The van der Waals surface area contributed by atoms with Gasteiger partial charge in [-0.15, -0.1) is 0 Å². The Labute approximate surface area is 89.8 Å². The normalized spacial score (nSPS) is 17.5. The fraction of sp³-hybridized carbons (Fsp3) is 1.00. The maximum atomic E-state index is 10.1. The van der Waals surface area contributed by atoms with Crippen molar-refractivity contribution >= 4 is 15.9 Å². The highest BCUT2D eigenvalue weighted by Crippen LogP contribution is 2.22. The smallest absolute Gasteiger partial charge is 0.0999 e. The molecule has 1 N–H and O–H groups in total. The van der Waals surface area contributed by atoms with Gasteiger partial charge in [-0.3, -0.25) is 0 Å². The van der Waals surface area contributed by atoms with Gasteiger partial charge in [0.15, 0.2) is 0 Å². The van der Waals surface area contributed by atoms with Crippen LogP contribution in [0.4, 0.5) is 0 Å². The van der Waals surface area contributed by atoms with Crippen molar-refractivity contribution in [3.63, 3.8) is 0 Å². The van der Waals surface area contributed by atoms with E-state index in [9.17, 15) is 5.11 Å². The van der Waals surface area contributed by atoms with Crippen molar-refractivity contribution in [1.82, 2.24) is 0 Å². The molecule has 2 nitrogen and oxygen atoms in total. The summed E-state index contributed by atoms with van der Waals surface area (Å²) in [6.45, 7) is 10.3. The molecule has 0 rings (SSSR count). The zero-order chi connectivity index (χ0) is 10.7. The lowest BCUT2D eigenvalue weighted by molar-refractivity contribution is -0.106. The molecule has 80 valence electrons. The van der Waals surface area contributed by atoms with Crippen LogP contribution in [0.3, 0.4) is 0 Å². The average molecular weight is 253 g/mol. The van der Waals surface area contributed by atoms with Gasteiger partial charge in [-0.25, -0.2) is 0 Å². The molecule has 0 aliphatic carbocycles. The molecule has 13 heavy (non-hydrogen) atoms. The van der Waals surface area contributed by atoms with E-state index >= 15 is 0 Å². The first-order valence-electron chi connectivity index (χ1n) is 4.63. The standard InChI is InChI=1S/C10H21BrO2/c1-8(2)10(12,6-11)7-13-9(3,4)5/h8,12H,6-7H2,1-5H3/t10-/m0/s1. The topological polar surface area (TPSA) is 29.5 Å². The Morgan fingerprint density at radius 1 is 1.31 bits per heavy atom. The Bertz CT molecular complexity index is 151. The first-order chi connectivity index (χ1) is 5.71. The van der Waals surface area contributed by atoms with Crippen molar-refractivity contribution < 1.29 is 9.84 Å². The van der Waals surface area contributed by atoms with Gasteiger partial charge in [-0.2, -0.15) is 0 Å². The SMILES string of the molecule is CC(C)[C@](O)(CBr)COC(C)(C)C. The van der Waals surface area contributed by atoms with Gasteiger partial charge >= 0.3 is 0 Å². The number of hydrogen-bond donors (Lipinski definition) is 1. The van der Waals surface area contributed by atoms with E-state index in [1.165, 1.54) is 0 Å². The van der Waals surface area contributed by atoms with E-state index in [1.807, 2.05) is 34.6 Å². The molecule has 0 amide bonds. The Morgan fingerprint density at radius 2 is 1.77 bits per heavy atom. The Hall–Kier alpha value is 0.400. The fourth-order valence-corrected chi connectivity index (χ4v) is 1.51. The number of aliphatic hydroxyl groups is 1. The summed E-state index contributed by atoms with van der Waals surface area (Å²) in [5, 5.41) is 10.6. The van der Waals surface area contributed by atoms with Crippen LogP contribution in [0, 0.1) is 5.92 Å². The quantitative estimate of drug-likeness (QED) is 0.780. The van der Waals surface area contributed by atoms with Gasteiger partial charge in [0.25, 0.3) is 0 Å². The van der Waals surface area contributed by atoms with Crippen molar-refractivity contribution in [3.05, 3.63) is 0 Å². The lowest BCUT2D eigenvalue weighted by atomic mass is 9.93. The maximum absolute atomic E-state index is 10.1. The molecule has 0 spiro atoms. The molecule has 0 aliphatic rings. The van der Waals surface area contributed by atoms with Crippen LogP contribution in [-0.2, 0) is 4.74 Å². The summed E-state index contributed by atoms with van der Waals surface area (Å²) < 4.78 is 5.57. The molecule has 0 saturated heterocycles. The van der Waals surface area contributed by atoms with Crippen LogP contribution in [0.25, 0.3) is 0 Å². The van der Waals surface area contributed by atoms with Crippen molar-refractivity contribution in [2.75, 3.05) is 11.9 Å². The van der Waals surface area contributed by atoms with Gasteiger partial charge in [0, 0.05) is 5.33 Å². The summed E-state index contributed by atoms with van der Waals surface area (Å²) in [4.78, 5) is 0. The van der Waals surface area contributed by atoms with Crippen LogP contribution in [0.5, 0.6) is 0 Å². The molecule has 0 aliphatic heterocycles. The second-order valence-corrected chi connectivity index (χ2v) is 5.35. The summed E-state index contributed by atoms with van der Waals surface area (Å²) in [5.74, 6) is 0.189. The largest absolute Gasteiger partial charge is 0.386 e. The van der Waals surface area contributed by atoms with E-state index in [0.29, 0.717) is 11.9 Å². The number of hydrogen-bond acceptors (Lipinski definition) is 2. The van der Waals surface area contributed by atoms with E-state index in [2.05, 4.69) is 15.9 Å². The average Bonchev–Trinajstić information content (AvgIpc) is 1.98. The molecule has 0 bridgehead atoms. The van der Waals surface area contributed by atoms with Crippen LogP contribution in [0.2, 0.25) is 0 Å². The van der Waals surface area contributed by atoms with E-state index in [4.69, 9.17) is 4.74 Å². The van der Waals surface area contributed by atoms with Gasteiger partial charge in [-0.05, 0) is 26.7 Å². The third-order valence-corrected chi connectivity index (χ3v) is 3.03. The molecule has 1 atom stereocenters. The van der Waals surface area contributed by atoms with Gasteiger partial charge in [0.1, 0.15) is 0 Å². The van der Waals surface area contributed by atoms with Crippen molar-refractivity contribution in [2.45, 2.75) is 45.8 Å². The van der Waals surface area contributed by atoms with E-state index in [1.54, 1.807) is 0 Å². The molecule has 0 aromatic carbocycles. The lowest BCUT2D eigenvalue weighted by Crippen LogP contribution is -2.44. The first kappa shape index (κ1) is 13.4. The molecule has 0 unspecified atom stereocenters. The zero-order valence-electron chi connectivity index (χ0n) is 9.22. The molecule has 0 saturated carbocycles. The minimum Gasteiger partial charge on any atom is -0.386 e. The molecule has 0 radical (unpaired) electrons. The number of alkyl halides is 1. The van der Waals surface area contributed by atoms with Crippen LogP contribution < -0.4 is 0 Å². The fourth-order valence-electron chi connectivity index (χ4n) is 0.701. The van der Waals surface area contributed by atoms with Crippen molar-refractivity contribution in [1.29, 1.82) is 0 Å². The summed E-state index contributed by atoms with van der Waals surface area (Å²) in [5.41, 5.74) is -0.946. The second-order valence-electron chi connectivity index (χ2n) is 4.79. The van der Waals surface area contributed by atoms with E-state index < -0.39 is 5.60 Å². The molecular weight excluding hydrogens is 232 g/mol. The van der Waals surface area contributed by atoms with Crippen LogP contribution in [-0.4, -0.2) is 28.2 Å². The third-order valence-electron chi connectivity index (χ3n) is 2.06. The number of ether oxygens (including phenoxy) is 1. The van der Waals surface area contributed by atoms with Crippen LogP contribution >= 0.6 is 15.9 Å². The highest BCUT2D eigenvalue weighted by molar-refractivity contribution is 9.09. The Morgan fingerprint density at radius 3 is 2.00 bits per heavy atom. The second kappa shape index (κ2) is 4.76. The molecular formula is C10H21BrO2. The summed E-state index contributed by atoms with van der Waals surface area (Å²) in [6, 6.07) is 0. The maximum Gasteiger partial charge on any atom is 0.0999 e. The zero-order valence-corrected chi connectivity index (χ0v) is 10.8. The van der Waals surface area contributed by atoms with Crippen molar-refractivity contribution in [3.8, 4) is 0 Å². The Balaban J connectivity index is 4.14. The minimum absolute atomic E-state index is 0.189. The molecule has 0 aromatic heterocycles. The summed E-state index contributed by atoms with van der Waals surface area (Å²) in [6.07, 6.45) is 0. The lowest BCUT2D eigenvalue weighted by Gasteiger charge is -2.33. The molecule has 0 heterocycles. The molecule has 3 heteroatoms. The van der Waals surface area contributed by atoms with E-state index in [0.717, 1.165) is 0 Å². The van der Waals surface area contributed by atoms with Gasteiger partial charge in [0.05, 0.1) is 17.8 Å². The van der Waals surface area contributed by atoms with Crippen LogP contribution in [0.1, 0.15) is 34.6 Å². The van der Waals surface area contributed by atoms with Gasteiger partial charge in [-0.1, -0.05) is 29.8 Å². The highest BCUT2D eigenvalue weighted by Gasteiger charge is 2.31. The number of halogens is 1. The number of rotatable bonds is 4. The highest BCUT2D eigenvalue weighted by atomic mass is 79.9. The monoisotopic (exact) mass is 252 g/mol. The predicted octanol–water partition coefficient (Wildman–Crippen LogP) is 2.58. The summed E-state index contributed by atoms with van der Waals surface area (Å²) in [7, 11) is 0. The van der Waals surface area contributed by atoms with Crippen molar-refractivity contribution in [2.24, 2.45) is 5.92 Å². The molecule has 0 aromatic rings. The minimum atomic E-state index is -0.757. The van der Waals surface area contributed by atoms with Gasteiger partial charge in [0.2, 0.25) is 0 Å². The van der Waals surface area contributed by atoms with Gasteiger partial charge < -0.3 is 9.84 Å². The van der Waals surface area contributed by atoms with Crippen LogP contribution in [0.15, 0.2) is 0 Å². The van der Waals surface area contributed by atoms with E-state index in [-0.39, 0.29) is 11.5 Å². The molecule has 0 fully saturated rings. The summed E-state index contributed by atoms with van der Waals surface area (Å²) >= 11 is 3.31. The Kier molecular flexibility index (Phi) is 4.91.